The van der Waals surface area contributed by atoms with Gasteiger partial charge in [-0.1, -0.05) is 0 Å². The first-order chi connectivity index (χ1) is 5.67. The summed E-state index contributed by atoms with van der Waals surface area (Å²) in [7, 11) is 0. The number of rotatable bonds is 3. The van der Waals surface area contributed by atoms with Gasteiger partial charge in [-0.2, -0.15) is 0 Å². The molecule has 0 radical (unpaired) electrons. The number of alkyl halides is 2. The third-order valence-electron chi connectivity index (χ3n) is 2.38. The molecule has 0 aromatic heterocycles. The summed E-state index contributed by atoms with van der Waals surface area (Å²) in [6.07, 6.45) is 1.85. The van der Waals surface area contributed by atoms with E-state index in [1.54, 1.807) is 0 Å². The van der Waals surface area contributed by atoms with Gasteiger partial charge in [0.2, 0.25) is 0 Å². The maximum atomic E-state index is 13.1. The molecule has 0 aromatic carbocycles. The van der Waals surface area contributed by atoms with Crippen LogP contribution in [0.1, 0.15) is 19.3 Å². The summed E-state index contributed by atoms with van der Waals surface area (Å²) in [5.41, 5.74) is 5.27. The monoisotopic (exact) mass is 178 g/mol. The van der Waals surface area contributed by atoms with Crippen LogP contribution in [0.25, 0.3) is 0 Å². The molecule has 4 heteroatoms. The van der Waals surface area contributed by atoms with Gasteiger partial charge in [0.15, 0.2) is 0 Å². The van der Waals surface area contributed by atoms with E-state index in [1.165, 1.54) is 0 Å². The van der Waals surface area contributed by atoms with Crippen molar-refractivity contribution in [1.82, 2.24) is 5.32 Å². The Bertz CT molecular complexity index is 139. The highest BCUT2D eigenvalue weighted by Crippen LogP contribution is 2.32. The molecule has 72 valence electrons. The maximum Gasteiger partial charge on any atom is 0.263 e. The number of hydrogen-bond donors (Lipinski definition) is 2. The van der Waals surface area contributed by atoms with E-state index in [1.807, 2.05) is 0 Å². The third kappa shape index (κ3) is 2.38. The van der Waals surface area contributed by atoms with E-state index in [4.69, 9.17) is 5.73 Å². The van der Waals surface area contributed by atoms with Crippen molar-refractivity contribution >= 4 is 0 Å². The van der Waals surface area contributed by atoms with Gasteiger partial charge in [0.05, 0.1) is 6.54 Å². The van der Waals surface area contributed by atoms with Gasteiger partial charge in [0, 0.05) is 5.92 Å². The van der Waals surface area contributed by atoms with Crippen LogP contribution >= 0.6 is 0 Å². The summed E-state index contributed by atoms with van der Waals surface area (Å²) in [5.74, 6) is -2.98. The minimum absolute atomic E-state index is 0.164. The first-order valence-electron chi connectivity index (χ1n) is 4.45. The highest BCUT2D eigenvalue weighted by atomic mass is 19.3. The van der Waals surface area contributed by atoms with Gasteiger partial charge in [-0.3, -0.25) is 0 Å². The van der Waals surface area contributed by atoms with Crippen LogP contribution in [0.15, 0.2) is 0 Å². The lowest BCUT2D eigenvalue weighted by Crippen LogP contribution is -2.46. The summed E-state index contributed by atoms with van der Waals surface area (Å²) in [6, 6.07) is 0. The van der Waals surface area contributed by atoms with E-state index in [-0.39, 0.29) is 6.54 Å². The van der Waals surface area contributed by atoms with Gasteiger partial charge in [-0.25, -0.2) is 8.78 Å². The molecule has 12 heavy (non-hydrogen) atoms. The maximum absolute atomic E-state index is 13.1. The van der Waals surface area contributed by atoms with E-state index in [0.717, 1.165) is 0 Å². The largest absolute Gasteiger partial charge is 0.330 e. The predicted octanol–water partition coefficient (Wildman–Crippen LogP) is 0.970. The van der Waals surface area contributed by atoms with Gasteiger partial charge in [0.25, 0.3) is 5.92 Å². The number of halogens is 2. The van der Waals surface area contributed by atoms with Crippen LogP contribution in [0.4, 0.5) is 8.78 Å². The van der Waals surface area contributed by atoms with Crippen molar-refractivity contribution in [1.29, 1.82) is 0 Å². The zero-order valence-electron chi connectivity index (χ0n) is 7.15. The molecule has 1 aliphatic heterocycles. The Kier molecular flexibility index (Phi) is 3.40. The van der Waals surface area contributed by atoms with E-state index < -0.39 is 11.8 Å². The average molecular weight is 178 g/mol. The lowest BCUT2D eigenvalue weighted by molar-refractivity contribution is -0.0762. The fourth-order valence-corrected chi connectivity index (χ4v) is 1.61. The second-order valence-electron chi connectivity index (χ2n) is 3.35. The summed E-state index contributed by atoms with van der Waals surface area (Å²) >= 11 is 0. The zero-order chi connectivity index (χ0) is 9.03. The van der Waals surface area contributed by atoms with E-state index in [9.17, 15) is 8.78 Å². The van der Waals surface area contributed by atoms with Crippen LogP contribution in [0.5, 0.6) is 0 Å². The SMILES string of the molecule is NCCCC1CCNCC1(F)F. The molecule has 3 N–H and O–H groups in total. The van der Waals surface area contributed by atoms with Crippen molar-refractivity contribution in [2.24, 2.45) is 11.7 Å². The van der Waals surface area contributed by atoms with Crippen LogP contribution in [0, 0.1) is 5.92 Å². The van der Waals surface area contributed by atoms with Crippen LogP contribution in [0.2, 0.25) is 0 Å². The average Bonchev–Trinajstić information content (AvgIpc) is 2.02. The van der Waals surface area contributed by atoms with Gasteiger partial charge in [0.1, 0.15) is 0 Å². The second kappa shape index (κ2) is 4.14. The fourth-order valence-electron chi connectivity index (χ4n) is 1.61. The molecule has 0 aromatic rings. The van der Waals surface area contributed by atoms with Crippen LogP contribution in [-0.2, 0) is 0 Å². The van der Waals surface area contributed by atoms with Gasteiger partial charge >= 0.3 is 0 Å². The fraction of sp³-hybridized carbons (Fsp3) is 1.00. The summed E-state index contributed by atoms with van der Waals surface area (Å²) in [5, 5.41) is 2.70. The zero-order valence-corrected chi connectivity index (χ0v) is 7.15. The molecule has 0 aliphatic carbocycles. The molecule has 0 spiro atoms. The van der Waals surface area contributed by atoms with Crippen LogP contribution in [0.3, 0.4) is 0 Å². The van der Waals surface area contributed by atoms with Crippen molar-refractivity contribution in [2.45, 2.75) is 25.2 Å². The summed E-state index contributed by atoms with van der Waals surface area (Å²) in [4.78, 5) is 0. The highest BCUT2D eigenvalue weighted by molar-refractivity contribution is 4.84. The lowest BCUT2D eigenvalue weighted by atomic mass is 9.90. The number of piperidine rings is 1. The Morgan fingerprint density at radius 2 is 2.25 bits per heavy atom. The molecule has 2 nitrogen and oxygen atoms in total. The molecule has 1 atom stereocenters. The predicted molar refractivity (Wildman–Crippen MR) is 44.2 cm³/mol. The first kappa shape index (κ1) is 9.86. The van der Waals surface area contributed by atoms with Crippen molar-refractivity contribution in [3.63, 3.8) is 0 Å². The van der Waals surface area contributed by atoms with E-state index in [2.05, 4.69) is 5.32 Å². The van der Waals surface area contributed by atoms with Crippen molar-refractivity contribution in [2.75, 3.05) is 19.6 Å². The Hall–Kier alpha value is -0.220. The number of nitrogens with one attached hydrogen (secondary N) is 1. The Balaban J connectivity index is 2.37. The number of nitrogens with two attached hydrogens (primary N) is 1. The molecule has 1 aliphatic rings. The Morgan fingerprint density at radius 1 is 1.50 bits per heavy atom. The molecule has 1 fully saturated rings. The van der Waals surface area contributed by atoms with Gasteiger partial charge < -0.3 is 11.1 Å². The molecule has 0 amide bonds. The normalized spacial score (nSPS) is 28.8. The van der Waals surface area contributed by atoms with E-state index in [0.29, 0.717) is 32.4 Å². The summed E-state index contributed by atoms with van der Waals surface area (Å²) in [6.45, 7) is 1.06. The third-order valence-corrected chi connectivity index (χ3v) is 2.38. The summed E-state index contributed by atoms with van der Waals surface area (Å²) < 4.78 is 26.2. The van der Waals surface area contributed by atoms with Gasteiger partial charge in [-0.15, -0.1) is 0 Å². The Morgan fingerprint density at radius 3 is 2.83 bits per heavy atom. The van der Waals surface area contributed by atoms with Crippen molar-refractivity contribution < 1.29 is 8.78 Å². The molecule has 1 heterocycles. The number of hydrogen-bond acceptors (Lipinski definition) is 2. The molecule has 0 bridgehead atoms. The first-order valence-corrected chi connectivity index (χ1v) is 4.45. The Labute approximate surface area is 71.5 Å². The van der Waals surface area contributed by atoms with Crippen LogP contribution in [-0.4, -0.2) is 25.6 Å². The molecule has 0 saturated carbocycles. The minimum atomic E-state index is -2.52. The topological polar surface area (TPSA) is 38.0 Å². The van der Waals surface area contributed by atoms with Crippen molar-refractivity contribution in [3.8, 4) is 0 Å². The van der Waals surface area contributed by atoms with Gasteiger partial charge in [-0.05, 0) is 32.4 Å². The molecule has 1 saturated heterocycles. The molecule has 1 unspecified atom stereocenters. The van der Waals surface area contributed by atoms with Crippen molar-refractivity contribution in [3.05, 3.63) is 0 Å². The molecular weight excluding hydrogens is 162 g/mol. The minimum Gasteiger partial charge on any atom is -0.330 e. The molecular formula is C8H16F2N2. The second-order valence-corrected chi connectivity index (χ2v) is 3.35. The standard InChI is InChI=1S/C8H16F2N2/c9-8(10)6-12-5-3-7(8)2-1-4-11/h7,12H,1-6,11H2. The highest BCUT2D eigenvalue weighted by Gasteiger charge is 2.40. The quantitative estimate of drug-likeness (QED) is 0.675. The van der Waals surface area contributed by atoms with Crippen LogP contribution < -0.4 is 11.1 Å². The molecule has 1 rings (SSSR count). The smallest absolute Gasteiger partial charge is 0.263 e. The lowest BCUT2D eigenvalue weighted by Gasteiger charge is -2.31. The van der Waals surface area contributed by atoms with E-state index >= 15 is 0 Å².